The Labute approximate surface area is 134 Å². The number of benzene rings is 1. The van der Waals surface area contributed by atoms with E-state index in [1.807, 2.05) is 4.90 Å². The number of carbonyl (C=O) groups is 1. The largest absolute Gasteiger partial charge is 0.496 e. The lowest BCUT2D eigenvalue weighted by atomic mass is 10.1. The molecule has 112 valence electrons. The maximum Gasteiger partial charge on any atom is 0.257 e. The van der Waals surface area contributed by atoms with Crippen LogP contribution in [0.5, 0.6) is 5.75 Å². The fraction of sp³-hybridized carbons (Fsp3) is 0.462. The standard InChI is InChI=1S/C13H16Cl2N2O2.ClH/c1-19-12-8-11(15)10(14)7-9(12)13(18)17-5-2-3-16-4-6-17;/h7-8,16H,2-6H2,1H3;1H. The van der Waals surface area contributed by atoms with Crippen LogP contribution >= 0.6 is 35.6 Å². The van der Waals surface area contributed by atoms with Gasteiger partial charge in [0, 0.05) is 25.7 Å². The summed E-state index contributed by atoms with van der Waals surface area (Å²) in [5, 5.41) is 4.00. The number of rotatable bonds is 2. The number of carbonyl (C=O) groups excluding carboxylic acids is 1. The van der Waals surface area contributed by atoms with Gasteiger partial charge < -0.3 is 15.0 Å². The van der Waals surface area contributed by atoms with Gasteiger partial charge in [0.1, 0.15) is 5.75 Å². The molecule has 2 rings (SSSR count). The number of halogens is 3. The highest BCUT2D eigenvalue weighted by Crippen LogP contribution is 2.31. The van der Waals surface area contributed by atoms with Gasteiger partial charge in [-0.05, 0) is 19.0 Å². The monoisotopic (exact) mass is 338 g/mol. The van der Waals surface area contributed by atoms with E-state index in [9.17, 15) is 4.79 Å². The van der Waals surface area contributed by atoms with Crippen molar-refractivity contribution in [2.45, 2.75) is 6.42 Å². The van der Waals surface area contributed by atoms with Crippen molar-refractivity contribution in [1.29, 1.82) is 0 Å². The quantitative estimate of drug-likeness (QED) is 0.901. The van der Waals surface area contributed by atoms with Crippen molar-refractivity contribution in [2.75, 3.05) is 33.3 Å². The maximum absolute atomic E-state index is 12.5. The summed E-state index contributed by atoms with van der Waals surface area (Å²) in [5.41, 5.74) is 0.457. The second-order valence-corrected chi connectivity index (χ2v) is 5.18. The minimum atomic E-state index is -0.0703. The van der Waals surface area contributed by atoms with Crippen molar-refractivity contribution in [3.8, 4) is 5.75 Å². The van der Waals surface area contributed by atoms with E-state index in [4.69, 9.17) is 27.9 Å². The fourth-order valence-electron chi connectivity index (χ4n) is 2.08. The molecule has 0 aliphatic carbocycles. The zero-order valence-electron chi connectivity index (χ0n) is 11.1. The van der Waals surface area contributed by atoms with E-state index in [2.05, 4.69) is 5.32 Å². The molecule has 1 aromatic rings. The van der Waals surface area contributed by atoms with Gasteiger partial charge in [0.25, 0.3) is 5.91 Å². The Kier molecular flexibility index (Phi) is 6.89. The summed E-state index contributed by atoms with van der Waals surface area (Å²) in [4.78, 5) is 14.3. The van der Waals surface area contributed by atoms with Gasteiger partial charge in [-0.15, -0.1) is 12.4 Å². The van der Waals surface area contributed by atoms with Crippen molar-refractivity contribution in [2.24, 2.45) is 0 Å². The van der Waals surface area contributed by atoms with Gasteiger partial charge >= 0.3 is 0 Å². The number of methoxy groups -OCH3 is 1. The summed E-state index contributed by atoms with van der Waals surface area (Å²) in [6.45, 7) is 3.15. The van der Waals surface area contributed by atoms with Crippen LogP contribution in [0.3, 0.4) is 0 Å². The second-order valence-electron chi connectivity index (χ2n) is 4.36. The van der Waals surface area contributed by atoms with Crippen LogP contribution in [0.1, 0.15) is 16.8 Å². The molecule has 1 N–H and O–H groups in total. The Morgan fingerprint density at radius 3 is 2.65 bits per heavy atom. The number of nitrogens with one attached hydrogen (secondary N) is 1. The van der Waals surface area contributed by atoms with E-state index >= 15 is 0 Å². The average Bonchev–Trinajstić information content (AvgIpc) is 2.69. The molecule has 0 saturated carbocycles. The molecule has 0 spiro atoms. The number of amides is 1. The van der Waals surface area contributed by atoms with E-state index in [-0.39, 0.29) is 18.3 Å². The SMILES string of the molecule is COc1cc(Cl)c(Cl)cc1C(=O)N1CCCNCC1.Cl. The lowest BCUT2D eigenvalue weighted by Crippen LogP contribution is -2.34. The molecule has 1 fully saturated rings. The predicted molar refractivity (Wildman–Crippen MR) is 83.7 cm³/mol. The van der Waals surface area contributed by atoms with Crippen LogP contribution in [0.2, 0.25) is 10.0 Å². The third kappa shape index (κ3) is 3.92. The number of nitrogens with zero attached hydrogens (tertiary/aromatic N) is 1. The molecule has 4 nitrogen and oxygen atoms in total. The Bertz CT molecular complexity index is 475. The lowest BCUT2D eigenvalue weighted by Gasteiger charge is -2.21. The minimum absolute atomic E-state index is 0. The number of hydrogen-bond donors (Lipinski definition) is 1. The molecule has 1 aliphatic rings. The minimum Gasteiger partial charge on any atom is -0.496 e. The third-order valence-electron chi connectivity index (χ3n) is 3.10. The molecular formula is C13H17Cl3N2O2. The summed E-state index contributed by atoms with van der Waals surface area (Å²) in [6, 6.07) is 3.15. The van der Waals surface area contributed by atoms with Crippen LogP contribution in [0.25, 0.3) is 0 Å². The highest BCUT2D eigenvalue weighted by atomic mass is 35.5. The van der Waals surface area contributed by atoms with E-state index < -0.39 is 0 Å². The Morgan fingerprint density at radius 2 is 1.95 bits per heavy atom. The van der Waals surface area contributed by atoms with Crippen LogP contribution in [-0.4, -0.2) is 44.1 Å². The molecule has 1 aliphatic heterocycles. The van der Waals surface area contributed by atoms with Crippen LogP contribution in [-0.2, 0) is 0 Å². The molecule has 7 heteroatoms. The van der Waals surface area contributed by atoms with Gasteiger partial charge in [0.15, 0.2) is 0 Å². The van der Waals surface area contributed by atoms with Crippen molar-refractivity contribution >= 4 is 41.5 Å². The van der Waals surface area contributed by atoms with Crippen LogP contribution in [0, 0.1) is 0 Å². The summed E-state index contributed by atoms with van der Waals surface area (Å²) in [7, 11) is 1.51. The van der Waals surface area contributed by atoms with E-state index in [1.165, 1.54) is 7.11 Å². The highest BCUT2D eigenvalue weighted by molar-refractivity contribution is 6.42. The van der Waals surface area contributed by atoms with Crippen molar-refractivity contribution in [3.05, 3.63) is 27.7 Å². The maximum atomic E-state index is 12.5. The number of ether oxygens (including phenoxy) is 1. The van der Waals surface area contributed by atoms with Crippen LogP contribution in [0.15, 0.2) is 12.1 Å². The lowest BCUT2D eigenvalue weighted by molar-refractivity contribution is 0.0763. The van der Waals surface area contributed by atoms with Crippen LogP contribution in [0.4, 0.5) is 0 Å². The summed E-state index contributed by atoms with van der Waals surface area (Å²) < 4.78 is 5.22. The molecule has 0 aromatic heterocycles. The molecule has 20 heavy (non-hydrogen) atoms. The smallest absolute Gasteiger partial charge is 0.257 e. The van der Waals surface area contributed by atoms with Gasteiger partial charge in [-0.1, -0.05) is 23.2 Å². The second kappa shape index (κ2) is 7.93. The summed E-state index contributed by atoms with van der Waals surface area (Å²) in [6.07, 6.45) is 0.940. The van der Waals surface area contributed by atoms with Gasteiger partial charge in [-0.25, -0.2) is 0 Å². The molecule has 1 aromatic carbocycles. The molecule has 0 atom stereocenters. The molecule has 0 unspecified atom stereocenters. The topological polar surface area (TPSA) is 41.6 Å². The zero-order chi connectivity index (χ0) is 13.8. The molecule has 1 amide bonds. The van der Waals surface area contributed by atoms with E-state index in [1.54, 1.807) is 12.1 Å². The van der Waals surface area contributed by atoms with E-state index in [0.29, 0.717) is 27.9 Å². The molecule has 0 radical (unpaired) electrons. The first-order valence-corrected chi connectivity index (χ1v) is 6.92. The van der Waals surface area contributed by atoms with Gasteiger partial charge in [0.05, 0.1) is 22.7 Å². The Balaban J connectivity index is 0.00000200. The third-order valence-corrected chi connectivity index (χ3v) is 3.82. The van der Waals surface area contributed by atoms with Gasteiger partial charge in [0.2, 0.25) is 0 Å². The first kappa shape index (κ1) is 17.4. The predicted octanol–water partition coefficient (Wildman–Crippen LogP) is 2.86. The summed E-state index contributed by atoms with van der Waals surface area (Å²) in [5.74, 6) is 0.385. The number of hydrogen-bond acceptors (Lipinski definition) is 3. The average molecular weight is 340 g/mol. The highest BCUT2D eigenvalue weighted by Gasteiger charge is 2.21. The van der Waals surface area contributed by atoms with Gasteiger partial charge in [-0.2, -0.15) is 0 Å². The Hall–Kier alpha value is -0.680. The Morgan fingerprint density at radius 1 is 1.25 bits per heavy atom. The van der Waals surface area contributed by atoms with Crippen molar-refractivity contribution in [3.63, 3.8) is 0 Å². The molecule has 0 bridgehead atoms. The van der Waals surface area contributed by atoms with Crippen molar-refractivity contribution in [1.82, 2.24) is 10.2 Å². The normalized spacial score (nSPS) is 15.2. The van der Waals surface area contributed by atoms with Crippen LogP contribution < -0.4 is 10.1 Å². The molecule has 1 heterocycles. The first-order valence-electron chi connectivity index (χ1n) is 6.16. The molecule has 1 saturated heterocycles. The first-order chi connectivity index (χ1) is 9.13. The van der Waals surface area contributed by atoms with Crippen molar-refractivity contribution < 1.29 is 9.53 Å². The van der Waals surface area contributed by atoms with E-state index in [0.717, 1.165) is 26.1 Å². The summed E-state index contributed by atoms with van der Waals surface area (Å²) >= 11 is 11.9. The zero-order valence-corrected chi connectivity index (χ0v) is 13.4. The fourth-order valence-corrected chi connectivity index (χ4v) is 2.40. The molecular weight excluding hydrogens is 323 g/mol. The van der Waals surface area contributed by atoms with Gasteiger partial charge in [-0.3, -0.25) is 4.79 Å².